The number of rotatable bonds is 4. The summed E-state index contributed by atoms with van der Waals surface area (Å²) in [6, 6.07) is 17.1. The number of carbonyl (C=O) groups excluding carboxylic acids is 1. The van der Waals surface area contributed by atoms with Crippen molar-refractivity contribution in [2.75, 3.05) is 9.21 Å². The highest BCUT2D eigenvalue weighted by Gasteiger charge is 2.42. The number of anilines is 2. The maximum atomic E-state index is 13.3. The Labute approximate surface area is 177 Å². The molecule has 0 saturated heterocycles. The van der Waals surface area contributed by atoms with Crippen LogP contribution < -0.4 is 9.21 Å². The topological polar surface area (TPSA) is 101 Å². The average molecular weight is 444 g/mol. The predicted molar refractivity (Wildman–Crippen MR) is 112 cm³/mol. The van der Waals surface area contributed by atoms with Gasteiger partial charge in [-0.15, -0.1) is 0 Å². The van der Waals surface area contributed by atoms with Gasteiger partial charge in [0.25, 0.3) is 15.7 Å². The third-order valence-corrected chi connectivity index (χ3v) is 6.60. The van der Waals surface area contributed by atoms with Crippen molar-refractivity contribution < 1.29 is 18.1 Å². The van der Waals surface area contributed by atoms with E-state index in [1.165, 1.54) is 59.5 Å². The highest BCUT2D eigenvalue weighted by molar-refractivity contribution is 7.94. The molecule has 0 fully saturated rings. The maximum Gasteiger partial charge on any atom is 0.343 e. The smallest absolute Gasteiger partial charge is 0.287 e. The van der Waals surface area contributed by atoms with Crippen LogP contribution in [-0.2, 0) is 16.6 Å². The number of non-ortho nitro benzene ring substituents is 1. The van der Waals surface area contributed by atoms with Crippen LogP contribution in [0.25, 0.3) is 0 Å². The Morgan fingerprint density at radius 3 is 2.37 bits per heavy atom. The molecule has 8 nitrogen and oxygen atoms in total. The van der Waals surface area contributed by atoms with Crippen molar-refractivity contribution in [3.05, 3.63) is 93.5 Å². The Bertz CT molecular complexity index is 1260. The first kappa shape index (κ1) is 19.9. The number of fused-ring (bicyclic) bond motifs is 1. The minimum Gasteiger partial charge on any atom is -0.287 e. The Morgan fingerprint density at radius 1 is 0.967 bits per heavy atom. The van der Waals surface area contributed by atoms with Crippen molar-refractivity contribution in [2.45, 2.75) is 11.4 Å². The first-order valence-electron chi connectivity index (χ1n) is 8.74. The summed E-state index contributed by atoms with van der Waals surface area (Å²) in [5, 5.41) is 11.5. The van der Waals surface area contributed by atoms with Gasteiger partial charge in [0.1, 0.15) is 4.90 Å². The second-order valence-corrected chi connectivity index (χ2v) is 8.70. The molecule has 1 aliphatic rings. The third-order valence-electron chi connectivity index (χ3n) is 4.60. The molecule has 0 radical (unpaired) electrons. The summed E-state index contributed by atoms with van der Waals surface area (Å²) in [6.45, 7) is -0.0445. The Hall–Kier alpha value is -3.43. The number of nitro benzene ring substituents is 1. The van der Waals surface area contributed by atoms with E-state index in [9.17, 15) is 23.3 Å². The Morgan fingerprint density at radius 2 is 1.67 bits per heavy atom. The van der Waals surface area contributed by atoms with E-state index >= 15 is 0 Å². The number of sulfonamides is 1. The number of amides is 2. The minimum atomic E-state index is -4.15. The lowest BCUT2D eigenvalue weighted by Gasteiger charge is -2.36. The van der Waals surface area contributed by atoms with Crippen molar-refractivity contribution in [1.82, 2.24) is 0 Å². The van der Waals surface area contributed by atoms with Crippen molar-refractivity contribution >= 4 is 44.7 Å². The van der Waals surface area contributed by atoms with Gasteiger partial charge >= 0.3 is 6.03 Å². The van der Waals surface area contributed by atoms with Crippen molar-refractivity contribution in [3.63, 3.8) is 0 Å². The largest absolute Gasteiger partial charge is 0.343 e. The molecule has 0 N–H and O–H groups in total. The summed E-state index contributed by atoms with van der Waals surface area (Å²) in [5.74, 6) is 0. The van der Waals surface area contributed by atoms with E-state index in [4.69, 9.17) is 11.6 Å². The molecular formula is C20H14ClN3O5S. The lowest BCUT2D eigenvalue weighted by Crippen LogP contribution is -2.50. The normalized spacial score (nSPS) is 15.0. The molecular weight excluding hydrogens is 430 g/mol. The summed E-state index contributed by atoms with van der Waals surface area (Å²) < 4.78 is 27.1. The van der Waals surface area contributed by atoms with Crippen LogP contribution in [0.5, 0.6) is 0 Å². The van der Waals surface area contributed by atoms with E-state index < -0.39 is 21.0 Å². The summed E-state index contributed by atoms with van der Waals surface area (Å²) >= 11 is 5.90. The van der Waals surface area contributed by atoms with Gasteiger partial charge < -0.3 is 0 Å². The highest BCUT2D eigenvalue weighted by atomic mass is 35.5. The van der Waals surface area contributed by atoms with Crippen molar-refractivity contribution in [2.24, 2.45) is 0 Å². The Balaban J connectivity index is 1.84. The van der Waals surface area contributed by atoms with Gasteiger partial charge in [0, 0.05) is 17.2 Å². The highest BCUT2D eigenvalue weighted by Crippen LogP contribution is 2.38. The number of carbonyl (C=O) groups is 1. The van der Waals surface area contributed by atoms with Gasteiger partial charge in [-0.05, 0) is 42.0 Å². The van der Waals surface area contributed by atoms with Gasteiger partial charge in [-0.25, -0.2) is 13.2 Å². The fourth-order valence-corrected chi connectivity index (χ4v) is 4.96. The van der Waals surface area contributed by atoms with E-state index in [1.54, 1.807) is 18.2 Å². The van der Waals surface area contributed by atoms with Crippen LogP contribution in [0.15, 0.2) is 77.7 Å². The summed E-state index contributed by atoms with van der Waals surface area (Å²) in [4.78, 5) is 25.1. The fourth-order valence-electron chi connectivity index (χ4n) is 3.24. The first-order chi connectivity index (χ1) is 14.3. The second-order valence-electron chi connectivity index (χ2n) is 6.51. The predicted octanol–water partition coefficient (Wildman–Crippen LogP) is 4.58. The number of halogens is 1. The zero-order valence-corrected chi connectivity index (χ0v) is 16.9. The van der Waals surface area contributed by atoms with E-state index in [1.807, 2.05) is 0 Å². The molecule has 3 aromatic carbocycles. The molecule has 3 aromatic rings. The van der Waals surface area contributed by atoms with Gasteiger partial charge in [0.05, 0.1) is 22.8 Å². The van der Waals surface area contributed by atoms with Crippen LogP contribution in [0.1, 0.15) is 5.56 Å². The van der Waals surface area contributed by atoms with Gasteiger partial charge in [0.15, 0.2) is 0 Å². The van der Waals surface area contributed by atoms with Crippen molar-refractivity contribution in [3.8, 4) is 0 Å². The second kappa shape index (κ2) is 7.43. The molecule has 0 spiro atoms. The van der Waals surface area contributed by atoms with Gasteiger partial charge in [-0.3, -0.25) is 15.0 Å². The van der Waals surface area contributed by atoms with Crippen LogP contribution in [0.3, 0.4) is 0 Å². The molecule has 152 valence electrons. The van der Waals surface area contributed by atoms with E-state index in [-0.39, 0.29) is 28.5 Å². The summed E-state index contributed by atoms with van der Waals surface area (Å²) in [6.07, 6.45) is 0. The standard InChI is InChI=1S/C20H14ClN3O5S/c21-15-8-10-16(11-9-15)23-20(25)22(13-14-4-3-5-17(12-14)24(26)27)18-6-1-2-7-19(18)30(23,28)29/h1-12H,13H2. The quantitative estimate of drug-likeness (QED) is 0.433. The fraction of sp³-hybridized carbons (Fsp3) is 0.0500. The number of hydrogen-bond acceptors (Lipinski definition) is 5. The molecule has 0 unspecified atom stereocenters. The third kappa shape index (κ3) is 3.38. The number of para-hydroxylation sites is 1. The van der Waals surface area contributed by atoms with Gasteiger partial charge in [-0.1, -0.05) is 35.9 Å². The number of nitrogens with zero attached hydrogens (tertiary/aromatic N) is 3. The number of nitro groups is 1. The van der Waals surface area contributed by atoms with Crippen LogP contribution in [0.2, 0.25) is 5.02 Å². The van der Waals surface area contributed by atoms with Crippen LogP contribution in [0, 0.1) is 10.1 Å². The molecule has 0 bridgehead atoms. The summed E-state index contributed by atoms with van der Waals surface area (Å²) in [5.41, 5.74) is 0.720. The van der Waals surface area contributed by atoms with Crippen molar-refractivity contribution in [1.29, 1.82) is 0 Å². The zero-order valence-electron chi connectivity index (χ0n) is 15.3. The molecule has 0 saturated carbocycles. The average Bonchev–Trinajstić information content (AvgIpc) is 2.73. The van der Waals surface area contributed by atoms with E-state index in [0.717, 1.165) is 0 Å². The molecule has 0 aromatic heterocycles. The van der Waals surface area contributed by atoms with Gasteiger partial charge in [-0.2, -0.15) is 4.31 Å². The van der Waals surface area contributed by atoms with E-state index in [2.05, 4.69) is 0 Å². The van der Waals surface area contributed by atoms with Crippen LogP contribution in [0.4, 0.5) is 21.9 Å². The monoisotopic (exact) mass is 443 g/mol. The molecule has 0 atom stereocenters. The zero-order chi connectivity index (χ0) is 21.5. The molecule has 4 rings (SSSR count). The van der Waals surface area contributed by atoms with Gasteiger partial charge in [0.2, 0.25) is 0 Å². The molecule has 1 aliphatic heterocycles. The Kier molecular flexibility index (Phi) is 4.92. The van der Waals surface area contributed by atoms with Crippen LogP contribution in [-0.4, -0.2) is 19.4 Å². The molecule has 2 amide bonds. The molecule has 0 aliphatic carbocycles. The molecule has 1 heterocycles. The molecule has 30 heavy (non-hydrogen) atoms. The number of hydrogen-bond donors (Lipinski definition) is 0. The first-order valence-corrected chi connectivity index (χ1v) is 10.6. The van der Waals surface area contributed by atoms with E-state index in [0.29, 0.717) is 14.9 Å². The number of urea groups is 1. The lowest BCUT2D eigenvalue weighted by molar-refractivity contribution is -0.384. The number of benzene rings is 3. The summed E-state index contributed by atoms with van der Waals surface area (Å²) in [7, 11) is -4.15. The molecule has 10 heteroatoms. The minimum absolute atomic E-state index is 0.0371. The maximum absolute atomic E-state index is 13.3. The SMILES string of the molecule is O=C1N(Cc2cccc([N+](=O)[O-])c2)c2ccccc2S(=O)(=O)N1c1ccc(Cl)cc1. The van der Waals surface area contributed by atoms with Crippen LogP contribution >= 0.6 is 11.6 Å². The lowest BCUT2D eigenvalue weighted by atomic mass is 10.1.